The molecule has 1 amide bonds. The van der Waals surface area contributed by atoms with Crippen LogP contribution < -0.4 is 5.73 Å². The summed E-state index contributed by atoms with van der Waals surface area (Å²) in [4.78, 5) is 12.9. The van der Waals surface area contributed by atoms with E-state index in [9.17, 15) is 9.90 Å². The first-order valence-electron chi connectivity index (χ1n) is 5.71. The predicted molar refractivity (Wildman–Crippen MR) is 67.6 cm³/mol. The van der Waals surface area contributed by atoms with Crippen molar-refractivity contribution in [1.82, 2.24) is 4.90 Å². The molecule has 3 N–H and O–H groups in total. The number of carbonyl (C=O) groups excluding carboxylic acids is 1. The van der Waals surface area contributed by atoms with E-state index in [1.54, 1.807) is 0 Å². The fourth-order valence-corrected chi connectivity index (χ4v) is 1.69. The number of benzene rings is 1. The molecule has 0 fully saturated rings. The van der Waals surface area contributed by atoms with Crippen molar-refractivity contribution in [3.8, 4) is 5.75 Å². The molecule has 4 nitrogen and oxygen atoms in total. The molecule has 4 heteroatoms. The van der Waals surface area contributed by atoms with Gasteiger partial charge in [0.05, 0.1) is 6.54 Å². The van der Waals surface area contributed by atoms with Crippen LogP contribution in [0, 0.1) is 6.92 Å². The van der Waals surface area contributed by atoms with Crippen molar-refractivity contribution in [1.29, 1.82) is 0 Å². The first-order valence-corrected chi connectivity index (χ1v) is 5.71. The summed E-state index contributed by atoms with van der Waals surface area (Å²) in [6.45, 7) is 6.57. The molecule has 94 valence electrons. The Morgan fingerprint density at radius 2 is 2.12 bits per heavy atom. The minimum absolute atomic E-state index is 0.197. The molecule has 0 unspecified atom stereocenters. The minimum atomic E-state index is -0.356. The van der Waals surface area contributed by atoms with Gasteiger partial charge in [-0.05, 0) is 26.3 Å². The van der Waals surface area contributed by atoms with Gasteiger partial charge in [-0.25, -0.2) is 0 Å². The van der Waals surface area contributed by atoms with Crippen molar-refractivity contribution in [2.24, 2.45) is 5.73 Å². The van der Waals surface area contributed by atoms with E-state index in [-0.39, 0.29) is 18.5 Å². The average molecular weight is 236 g/mol. The number of nitrogens with zero attached hydrogens (tertiary/aromatic N) is 1. The van der Waals surface area contributed by atoms with E-state index in [1.807, 2.05) is 43.9 Å². The normalized spacial score (nSPS) is 11.1. The molecule has 1 aromatic rings. The van der Waals surface area contributed by atoms with Crippen LogP contribution in [-0.4, -0.2) is 28.5 Å². The van der Waals surface area contributed by atoms with Gasteiger partial charge in [0.25, 0.3) is 0 Å². The number of phenols is 1. The van der Waals surface area contributed by atoms with E-state index >= 15 is 0 Å². The lowest BCUT2D eigenvalue weighted by molar-refractivity contribution is -0.119. The molecule has 0 spiro atoms. The molecule has 1 aromatic carbocycles. The summed E-state index contributed by atoms with van der Waals surface area (Å²) in [5.41, 5.74) is 6.87. The Balaban J connectivity index is 2.86. The van der Waals surface area contributed by atoms with Crippen molar-refractivity contribution >= 4 is 5.91 Å². The molecule has 0 heterocycles. The van der Waals surface area contributed by atoms with Crippen LogP contribution >= 0.6 is 0 Å². The van der Waals surface area contributed by atoms with E-state index in [4.69, 9.17) is 5.73 Å². The summed E-state index contributed by atoms with van der Waals surface area (Å²) in [7, 11) is 0. The van der Waals surface area contributed by atoms with E-state index in [2.05, 4.69) is 0 Å². The fourth-order valence-electron chi connectivity index (χ4n) is 1.69. The highest BCUT2D eigenvalue weighted by Gasteiger charge is 2.15. The maximum absolute atomic E-state index is 11.0. The third-order valence-electron chi connectivity index (χ3n) is 2.78. The molecule has 0 saturated heterocycles. The number of primary amides is 1. The van der Waals surface area contributed by atoms with Crippen molar-refractivity contribution in [2.75, 3.05) is 6.54 Å². The van der Waals surface area contributed by atoms with Crippen molar-refractivity contribution in [3.63, 3.8) is 0 Å². The monoisotopic (exact) mass is 236 g/mol. The number of amides is 1. The highest BCUT2D eigenvalue weighted by molar-refractivity contribution is 5.75. The zero-order chi connectivity index (χ0) is 13.0. The first kappa shape index (κ1) is 13.5. The number of hydrogen-bond acceptors (Lipinski definition) is 3. The summed E-state index contributed by atoms with van der Waals surface area (Å²) in [6.07, 6.45) is 0. The summed E-state index contributed by atoms with van der Waals surface area (Å²) >= 11 is 0. The second-order valence-corrected chi connectivity index (χ2v) is 4.55. The van der Waals surface area contributed by atoms with Crippen LogP contribution in [0.5, 0.6) is 5.75 Å². The Labute approximate surface area is 102 Å². The molecule has 1 rings (SSSR count). The highest BCUT2D eigenvalue weighted by atomic mass is 16.3. The van der Waals surface area contributed by atoms with E-state index in [0.29, 0.717) is 12.3 Å². The zero-order valence-electron chi connectivity index (χ0n) is 10.6. The van der Waals surface area contributed by atoms with Gasteiger partial charge >= 0.3 is 0 Å². The molecule has 0 atom stereocenters. The minimum Gasteiger partial charge on any atom is -0.507 e. The van der Waals surface area contributed by atoms with Crippen LogP contribution in [0.1, 0.15) is 25.0 Å². The van der Waals surface area contributed by atoms with Gasteiger partial charge < -0.3 is 10.8 Å². The van der Waals surface area contributed by atoms with E-state index < -0.39 is 0 Å². The summed E-state index contributed by atoms with van der Waals surface area (Å²) < 4.78 is 0. The number of phenolic OH excluding ortho intramolecular Hbond substituents is 1. The molecular formula is C13H20N2O2. The van der Waals surface area contributed by atoms with Gasteiger partial charge in [-0.2, -0.15) is 0 Å². The van der Waals surface area contributed by atoms with E-state index in [0.717, 1.165) is 11.1 Å². The lowest BCUT2D eigenvalue weighted by Gasteiger charge is -2.25. The Hall–Kier alpha value is -1.55. The predicted octanol–water partition coefficient (Wildman–Crippen LogP) is 1.40. The molecule has 17 heavy (non-hydrogen) atoms. The second kappa shape index (κ2) is 5.68. The number of carbonyl (C=O) groups is 1. The van der Waals surface area contributed by atoms with Crippen LogP contribution in [0.3, 0.4) is 0 Å². The largest absolute Gasteiger partial charge is 0.507 e. The number of para-hydroxylation sites is 1. The quantitative estimate of drug-likeness (QED) is 0.812. The maximum Gasteiger partial charge on any atom is 0.231 e. The van der Waals surface area contributed by atoms with Gasteiger partial charge in [-0.1, -0.05) is 18.2 Å². The van der Waals surface area contributed by atoms with Crippen LogP contribution in [0.25, 0.3) is 0 Å². The number of aryl methyl sites for hydroxylation is 1. The van der Waals surface area contributed by atoms with Gasteiger partial charge in [-0.15, -0.1) is 0 Å². The van der Waals surface area contributed by atoms with Gasteiger partial charge in [0.1, 0.15) is 5.75 Å². The van der Waals surface area contributed by atoms with Crippen molar-refractivity contribution < 1.29 is 9.90 Å². The summed E-state index contributed by atoms with van der Waals surface area (Å²) in [5.74, 6) is -0.0616. The summed E-state index contributed by atoms with van der Waals surface area (Å²) in [6, 6.07) is 5.81. The maximum atomic E-state index is 11.0. The SMILES string of the molecule is Cc1cccc(CN(CC(N)=O)C(C)C)c1O. The first-order chi connectivity index (χ1) is 7.91. The molecule has 0 aromatic heterocycles. The third kappa shape index (κ3) is 3.75. The topological polar surface area (TPSA) is 66.6 Å². The Morgan fingerprint density at radius 3 is 2.65 bits per heavy atom. The Bertz CT molecular complexity index is 402. The van der Waals surface area contributed by atoms with Crippen LogP contribution in [-0.2, 0) is 11.3 Å². The third-order valence-corrected chi connectivity index (χ3v) is 2.78. The lowest BCUT2D eigenvalue weighted by atomic mass is 10.1. The Kier molecular flexibility index (Phi) is 4.52. The smallest absolute Gasteiger partial charge is 0.231 e. The standard InChI is InChI=1S/C13H20N2O2/c1-9(2)15(8-12(14)16)7-11-6-4-5-10(3)13(11)17/h4-6,9,17H,7-8H2,1-3H3,(H2,14,16). The van der Waals surface area contributed by atoms with Crippen molar-refractivity contribution in [3.05, 3.63) is 29.3 Å². The fraction of sp³-hybridized carbons (Fsp3) is 0.462. The van der Waals surface area contributed by atoms with Gasteiger partial charge in [0.2, 0.25) is 5.91 Å². The summed E-state index contributed by atoms with van der Waals surface area (Å²) in [5, 5.41) is 9.92. The van der Waals surface area contributed by atoms with Gasteiger partial charge in [-0.3, -0.25) is 9.69 Å². The van der Waals surface area contributed by atoms with Crippen LogP contribution in [0.4, 0.5) is 0 Å². The highest BCUT2D eigenvalue weighted by Crippen LogP contribution is 2.23. The van der Waals surface area contributed by atoms with Crippen LogP contribution in [0.15, 0.2) is 18.2 Å². The molecule has 0 saturated carbocycles. The molecular weight excluding hydrogens is 216 g/mol. The van der Waals surface area contributed by atoms with Gasteiger partial charge in [0, 0.05) is 18.2 Å². The number of nitrogens with two attached hydrogens (primary N) is 1. The zero-order valence-corrected chi connectivity index (χ0v) is 10.6. The number of hydrogen-bond donors (Lipinski definition) is 2. The number of rotatable bonds is 5. The Morgan fingerprint density at radius 1 is 1.47 bits per heavy atom. The molecule has 0 aliphatic carbocycles. The average Bonchev–Trinajstić information content (AvgIpc) is 2.22. The van der Waals surface area contributed by atoms with Gasteiger partial charge in [0.15, 0.2) is 0 Å². The molecule has 0 bridgehead atoms. The number of aromatic hydroxyl groups is 1. The second-order valence-electron chi connectivity index (χ2n) is 4.55. The lowest BCUT2D eigenvalue weighted by Crippen LogP contribution is -2.37. The molecule has 0 aliphatic heterocycles. The van der Waals surface area contributed by atoms with Crippen LogP contribution in [0.2, 0.25) is 0 Å². The van der Waals surface area contributed by atoms with Crippen molar-refractivity contribution in [2.45, 2.75) is 33.4 Å². The molecule has 0 aliphatic rings. The van der Waals surface area contributed by atoms with E-state index in [1.165, 1.54) is 0 Å². The molecule has 0 radical (unpaired) electrons.